The Labute approximate surface area is 99.2 Å². The third kappa shape index (κ3) is 4.79. The van der Waals surface area contributed by atoms with Crippen LogP contribution in [0.1, 0.15) is 40.0 Å². The van der Waals surface area contributed by atoms with Crippen LogP contribution in [0, 0.1) is 5.92 Å². The Morgan fingerprint density at radius 1 is 1.31 bits per heavy atom. The molecule has 0 spiro atoms. The molecule has 0 aliphatic heterocycles. The van der Waals surface area contributed by atoms with Crippen molar-refractivity contribution in [2.45, 2.75) is 52.6 Å². The fraction of sp³-hybridized carbons (Fsp3) is 0.769. The lowest BCUT2D eigenvalue weighted by atomic mass is 9.98. The van der Waals surface area contributed by atoms with Gasteiger partial charge in [0.1, 0.15) is 0 Å². The summed E-state index contributed by atoms with van der Waals surface area (Å²) in [5, 5.41) is 7.80. The van der Waals surface area contributed by atoms with Crippen LogP contribution < -0.4 is 5.32 Å². The Hall–Kier alpha value is -0.830. The number of rotatable bonds is 8. The third-order valence-corrected chi connectivity index (χ3v) is 3.21. The molecule has 92 valence electrons. The number of nitrogens with zero attached hydrogens (tertiary/aromatic N) is 2. The Balaban J connectivity index is 2.18. The second-order valence-electron chi connectivity index (χ2n) is 4.58. The summed E-state index contributed by atoms with van der Waals surface area (Å²) in [4.78, 5) is 0. The smallest absolute Gasteiger partial charge is 0.0534 e. The van der Waals surface area contributed by atoms with Crippen molar-refractivity contribution < 1.29 is 0 Å². The van der Waals surface area contributed by atoms with Crippen LogP contribution in [-0.2, 0) is 6.54 Å². The molecule has 3 heteroatoms. The summed E-state index contributed by atoms with van der Waals surface area (Å²) in [5.74, 6) is 0.821. The van der Waals surface area contributed by atoms with Gasteiger partial charge in [0.15, 0.2) is 0 Å². The lowest BCUT2D eigenvalue weighted by molar-refractivity contribution is 0.376. The fourth-order valence-electron chi connectivity index (χ4n) is 1.86. The third-order valence-electron chi connectivity index (χ3n) is 3.21. The van der Waals surface area contributed by atoms with Gasteiger partial charge < -0.3 is 5.32 Å². The highest BCUT2D eigenvalue weighted by atomic mass is 15.3. The summed E-state index contributed by atoms with van der Waals surface area (Å²) in [6.07, 6.45) is 7.61. The second kappa shape index (κ2) is 7.44. The van der Waals surface area contributed by atoms with Crippen LogP contribution in [-0.4, -0.2) is 22.4 Å². The average Bonchev–Trinajstić information content (AvgIpc) is 2.80. The minimum absolute atomic E-state index is 0.658. The van der Waals surface area contributed by atoms with E-state index in [1.54, 1.807) is 0 Å². The maximum Gasteiger partial charge on any atom is 0.0534 e. The zero-order valence-corrected chi connectivity index (χ0v) is 10.8. The second-order valence-corrected chi connectivity index (χ2v) is 4.58. The molecule has 3 nitrogen and oxygen atoms in total. The highest BCUT2D eigenvalue weighted by Gasteiger charge is 2.09. The predicted octanol–water partition coefficient (Wildman–Crippen LogP) is 2.69. The van der Waals surface area contributed by atoms with Crippen LogP contribution in [0.3, 0.4) is 0 Å². The van der Waals surface area contributed by atoms with Crippen molar-refractivity contribution in [2.75, 3.05) is 6.54 Å². The van der Waals surface area contributed by atoms with E-state index in [4.69, 9.17) is 0 Å². The van der Waals surface area contributed by atoms with Crippen molar-refractivity contribution in [1.82, 2.24) is 15.1 Å². The van der Waals surface area contributed by atoms with Gasteiger partial charge >= 0.3 is 0 Å². The minimum atomic E-state index is 0.658. The molecule has 0 aromatic carbocycles. The van der Waals surface area contributed by atoms with Crippen LogP contribution in [0.25, 0.3) is 0 Å². The molecule has 0 fully saturated rings. The maximum absolute atomic E-state index is 4.19. The first-order chi connectivity index (χ1) is 7.76. The van der Waals surface area contributed by atoms with E-state index < -0.39 is 0 Å². The first-order valence-corrected chi connectivity index (χ1v) is 6.47. The number of nitrogens with one attached hydrogen (secondary N) is 1. The van der Waals surface area contributed by atoms with Crippen LogP contribution in [0.5, 0.6) is 0 Å². The van der Waals surface area contributed by atoms with Crippen molar-refractivity contribution in [3.63, 3.8) is 0 Å². The first-order valence-electron chi connectivity index (χ1n) is 6.47. The van der Waals surface area contributed by atoms with Crippen molar-refractivity contribution in [1.29, 1.82) is 0 Å². The summed E-state index contributed by atoms with van der Waals surface area (Å²) in [5.41, 5.74) is 0. The number of aromatic nitrogens is 2. The molecule has 0 aliphatic rings. The van der Waals surface area contributed by atoms with Crippen LogP contribution in [0.15, 0.2) is 18.5 Å². The maximum atomic E-state index is 4.19. The monoisotopic (exact) mass is 223 g/mol. The van der Waals surface area contributed by atoms with E-state index in [2.05, 4.69) is 31.2 Å². The van der Waals surface area contributed by atoms with Crippen molar-refractivity contribution >= 4 is 0 Å². The van der Waals surface area contributed by atoms with E-state index in [0.29, 0.717) is 6.04 Å². The molecular formula is C13H25N3. The topological polar surface area (TPSA) is 29.9 Å². The molecule has 0 radical (unpaired) electrons. The van der Waals surface area contributed by atoms with Gasteiger partial charge in [0.2, 0.25) is 0 Å². The Bertz CT molecular complexity index is 256. The SMILES string of the molecule is CCC(C)CC(CC)NCCn1cccn1. The highest BCUT2D eigenvalue weighted by molar-refractivity contribution is 4.78. The lowest BCUT2D eigenvalue weighted by Gasteiger charge is -2.20. The van der Waals surface area contributed by atoms with Crippen LogP contribution >= 0.6 is 0 Å². The van der Waals surface area contributed by atoms with Gasteiger partial charge in [-0.2, -0.15) is 5.10 Å². The van der Waals surface area contributed by atoms with Gasteiger partial charge in [-0.3, -0.25) is 4.68 Å². The molecule has 2 atom stereocenters. The highest BCUT2D eigenvalue weighted by Crippen LogP contribution is 2.11. The number of hydrogen-bond donors (Lipinski definition) is 1. The molecule has 1 heterocycles. The van der Waals surface area contributed by atoms with Crippen molar-refractivity contribution in [3.8, 4) is 0 Å². The average molecular weight is 223 g/mol. The van der Waals surface area contributed by atoms with E-state index in [-0.39, 0.29) is 0 Å². The largest absolute Gasteiger partial charge is 0.312 e. The zero-order chi connectivity index (χ0) is 11.8. The molecule has 0 saturated carbocycles. The molecule has 1 aromatic rings. The lowest BCUT2D eigenvalue weighted by Crippen LogP contribution is -2.32. The molecule has 1 N–H and O–H groups in total. The number of hydrogen-bond acceptors (Lipinski definition) is 2. The molecule has 1 rings (SSSR count). The van der Waals surface area contributed by atoms with Gasteiger partial charge in [0.05, 0.1) is 6.54 Å². The van der Waals surface area contributed by atoms with Crippen LogP contribution in [0.2, 0.25) is 0 Å². The predicted molar refractivity (Wildman–Crippen MR) is 68.4 cm³/mol. The summed E-state index contributed by atoms with van der Waals surface area (Å²) >= 11 is 0. The molecule has 2 unspecified atom stereocenters. The standard InChI is InChI=1S/C13H25N3/c1-4-12(3)11-13(5-2)14-8-10-16-9-6-7-15-16/h6-7,9,12-14H,4-5,8,10-11H2,1-3H3. The summed E-state index contributed by atoms with van der Waals surface area (Å²) in [6.45, 7) is 8.83. The zero-order valence-electron chi connectivity index (χ0n) is 10.8. The molecular weight excluding hydrogens is 198 g/mol. The Morgan fingerprint density at radius 2 is 2.12 bits per heavy atom. The minimum Gasteiger partial charge on any atom is -0.312 e. The molecule has 16 heavy (non-hydrogen) atoms. The Morgan fingerprint density at radius 3 is 2.69 bits per heavy atom. The van der Waals surface area contributed by atoms with Gasteiger partial charge in [-0.1, -0.05) is 27.2 Å². The summed E-state index contributed by atoms with van der Waals surface area (Å²) in [6, 6.07) is 2.63. The van der Waals surface area contributed by atoms with E-state index in [9.17, 15) is 0 Å². The van der Waals surface area contributed by atoms with E-state index >= 15 is 0 Å². The summed E-state index contributed by atoms with van der Waals surface area (Å²) < 4.78 is 1.98. The van der Waals surface area contributed by atoms with E-state index in [1.165, 1.54) is 19.3 Å². The van der Waals surface area contributed by atoms with E-state index in [0.717, 1.165) is 19.0 Å². The normalized spacial score (nSPS) is 14.9. The van der Waals surface area contributed by atoms with Crippen molar-refractivity contribution in [2.24, 2.45) is 5.92 Å². The van der Waals surface area contributed by atoms with E-state index in [1.807, 2.05) is 23.1 Å². The first kappa shape index (κ1) is 13.2. The molecule has 1 aromatic heterocycles. The van der Waals surface area contributed by atoms with Gasteiger partial charge in [0, 0.05) is 25.0 Å². The molecule has 0 bridgehead atoms. The van der Waals surface area contributed by atoms with Gasteiger partial charge in [0.25, 0.3) is 0 Å². The van der Waals surface area contributed by atoms with Gasteiger partial charge in [-0.05, 0) is 24.8 Å². The van der Waals surface area contributed by atoms with Gasteiger partial charge in [-0.15, -0.1) is 0 Å². The fourth-order valence-corrected chi connectivity index (χ4v) is 1.86. The molecule has 0 saturated heterocycles. The molecule has 0 aliphatic carbocycles. The quantitative estimate of drug-likeness (QED) is 0.734. The van der Waals surface area contributed by atoms with Gasteiger partial charge in [-0.25, -0.2) is 0 Å². The summed E-state index contributed by atoms with van der Waals surface area (Å²) in [7, 11) is 0. The molecule has 0 amide bonds. The van der Waals surface area contributed by atoms with Crippen molar-refractivity contribution in [3.05, 3.63) is 18.5 Å². The van der Waals surface area contributed by atoms with Crippen LogP contribution in [0.4, 0.5) is 0 Å². The Kier molecular flexibility index (Phi) is 6.16.